The number of nitrogens with two attached hydrogens (primary N) is 3. The monoisotopic (exact) mass is 468 g/mol. The Morgan fingerprint density at radius 3 is 1.72 bits per heavy atom. The molecule has 0 atom stereocenters. The molecule has 1 amide bonds. The van der Waals surface area contributed by atoms with Gasteiger partial charge in [0.05, 0.1) is 12.1 Å². The van der Waals surface area contributed by atoms with Crippen LogP contribution in [0.15, 0.2) is 12.4 Å². The lowest BCUT2D eigenvalue weighted by Gasteiger charge is -2.07. The lowest BCUT2D eigenvalue weighted by atomic mass is 10.2. The minimum atomic E-state index is -4.67. The number of hydrogen-bond donors (Lipinski definition) is 5. The highest BCUT2D eigenvalue weighted by Gasteiger charge is 2.20. The molecule has 2 aliphatic rings. The average molecular weight is 469 g/mol. The van der Waals surface area contributed by atoms with Crippen LogP contribution < -0.4 is 17.2 Å². The number of primary amides is 1. The Kier molecular flexibility index (Phi) is 8.58. The fourth-order valence-electron chi connectivity index (χ4n) is 3.80. The van der Waals surface area contributed by atoms with Gasteiger partial charge in [-0.2, -0.15) is 23.9 Å². The molecule has 176 valence electrons. The predicted octanol–water partition coefficient (Wildman–Crippen LogP) is 1.48. The van der Waals surface area contributed by atoms with Gasteiger partial charge in [0.2, 0.25) is 0 Å². The van der Waals surface area contributed by atoms with Gasteiger partial charge >= 0.3 is 10.4 Å². The molecule has 0 spiro atoms. The van der Waals surface area contributed by atoms with E-state index in [2.05, 4.69) is 10.2 Å². The Labute approximate surface area is 185 Å². The van der Waals surface area contributed by atoms with Crippen LogP contribution >= 0.6 is 0 Å². The molecule has 0 bridgehead atoms. The van der Waals surface area contributed by atoms with Crippen molar-refractivity contribution in [3.8, 4) is 6.07 Å². The second-order valence-corrected chi connectivity index (χ2v) is 8.51. The summed E-state index contributed by atoms with van der Waals surface area (Å²) < 4.78 is 35.2. The van der Waals surface area contributed by atoms with Crippen LogP contribution in [-0.4, -0.2) is 43.0 Å². The predicted molar refractivity (Wildman–Crippen MR) is 116 cm³/mol. The second-order valence-electron chi connectivity index (χ2n) is 7.62. The molecule has 2 fully saturated rings. The molecular weight excluding hydrogens is 440 g/mol. The summed E-state index contributed by atoms with van der Waals surface area (Å²) in [7, 11) is -4.67. The second kappa shape index (κ2) is 10.9. The number of nitrogens with zero attached hydrogens (tertiary/aromatic N) is 5. The van der Waals surface area contributed by atoms with Crippen LogP contribution in [0.3, 0.4) is 0 Å². The number of carbonyl (C=O) groups excluding carboxylic acids is 1. The van der Waals surface area contributed by atoms with Gasteiger partial charge in [0.25, 0.3) is 5.91 Å². The Balaban J connectivity index is 0.000000189. The number of nitrogen functional groups attached to an aromatic ring is 2. The highest BCUT2D eigenvalue weighted by Crippen LogP contribution is 2.30. The van der Waals surface area contributed by atoms with Crippen molar-refractivity contribution in [2.24, 2.45) is 5.73 Å². The van der Waals surface area contributed by atoms with Gasteiger partial charge in [-0.25, -0.2) is 0 Å². The smallest absolute Gasteiger partial charge is 0.382 e. The summed E-state index contributed by atoms with van der Waals surface area (Å²) >= 11 is 0. The van der Waals surface area contributed by atoms with Crippen molar-refractivity contribution < 1.29 is 22.3 Å². The number of rotatable bonds is 3. The van der Waals surface area contributed by atoms with E-state index in [0.29, 0.717) is 29.0 Å². The fraction of sp³-hybridized carbons (Fsp3) is 0.556. The van der Waals surface area contributed by atoms with Crippen LogP contribution in [0.25, 0.3) is 0 Å². The molecule has 0 aromatic carbocycles. The van der Waals surface area contributed by atoms with Crippen LogP contribution in [-0.2, 0) is 10.4 Å². The van der Waals surface area contributed by atoms with E-state index in [0.717, 1.165) is 25.7 Å². The quantitative estimate of drug-likeness (QED) is 0.407. The van der Waals surface area contributed by atoms with E-state index >= 15 is 0 Å². The standard InChI is InChI=1S/C9H14N4O.C9H12N4.H2O4S/c10-8-7(9(11)14)5-13(12-8)6-3-1-2-4-6;10-5-7-6-13(12-9(7)11)8-3-1-2-4-8;1-5(2,3)4/h5-6H,1-4H2,(H2,10,12)(H2,11,14);6,8H,1-4H2,(H2,11,12);(H2,1,2,3,4). The molecule has 32 heavy (non-hydrogen) atoms. The number of nitriles is 1. The van der Waals surface area contributed by atoms with Crippen LogP contribution in [0.2, 0.25) is 0 Å². The first kappa shape index (κ1) is 25.1. The van der Waals surface area contributed by atoms with Gasteiger partial charge in [0, 0.05) is 12.4 Å². The molecule has 0 unspecified atom stereocenters. The molecule has 2 saturated carbocycles. The minimum absolute atomic E-state index is 0.240. The van der Waals surface area contributed by atoms with Crippen molar-refractivity contribution in [1.82, 2.24) is 19.6 Å². The molecule has 0 aliphatic heterocycles. The summed E-state index contributed by atoms with van der Waals surface area (Å²) in [5.74, 6) is 0.0885. The zero-order chi connectivity index (χ0) is 23.9. The minimum Gasteiger partial charge on any atom is -0.382 e. The number of amides is 1. The zero-order valence-corrected chi connectivity index (χ0v) is 18.3. The zero-order valence-electron chi connectivity index (χ0n) is 17.5. The number of hydrogen-bond acceptors (Lipinski definition) is 8. The largest absolute Gasteiger partial charge is 0.394 e. The summed E-state index contributed by atoms with van der Waals surface area (Å²) in [6, 6.07) is 2.89. The lowest BCUT2D eigenvalue weighted by Crippen LogP contribution is -2.12. The van der Waals surface area contributed by atoms with Crippen molar-refractivity contribution in [3.05, 3.63) is 23.5 Å². The molecule has 13 nitrogen and oxygen atoms in total. The van der Waals surface area contributed by atoms with Gasteiger partial charge in [0.15, 0.2) is 11.6 Å². The lowest BCUT2D eigenvalue weighted by molar-refractivity contribution is 0.100. The normalized spacial score (nSPS) is 16.5. The van der Waals surface area contributed by atoms with Crippen molar-refractivity contribution in [2.45, 2.75) is 63.5 Å². The highest BCUT2D eigenvalue weighted by atomic mass is 32.3. The molecular formula is C18H28N8O5S. The van der Waals surface area contributed by atoms with E-state index in [1.54, 1.807) is 17.1 Å². The van der Waals surface area contributed by atoms with Crippen LogP contribution in [0.5, 0.6) is 0 Å². The molecule has 4 rings (SSSR count). The van der Waals surface area contributed by atoms with E-state index in [-0.39, 0.29) is 5.82 Å². The van der Waals surface area contributed by atoms with Crippen LogP contribution in [0.4, 0.5) is 11.6 Å². The Morgan fingerprint density at radius 1 is 0.969 bits per heavy atom. The SMILES string of the molecule is N#Cc1cn(C2CCCC2)nc1N.NC(=O)c1cn(C2CCCC2)nc1N.O=S(=O)(O)O. The van der Waals surface area contributed by atoms with Crippen molar-refractivity contribution in [1.29, 1.82) is 5.26 Å². The molecule has 2 heterocycles. The van der Waals surface area contributed by atoms with Crippen LogP contribution in [0.1, 0.15) is 79.4 Å². The summed E-state index contributed by atoms with van der Waals surface area (Å²) in [6.45, 7) is 0. The molecule has 2 aromatic heterocycles. The molecule has 2 aromatic rings. The van der Waals surface area contributed by atoms with Crippen molar-refractivity contribution in [3.63, 3.8) is 0 Å². The maximum Gasteiger partial charge on any atom is 0.394 e. The van der Waals surface area contributed by atoms with Gasteiger partial charge in [-0.1, -0.05) is 25.7 Å². The first-order valence-corrected chi connectivity index (χ1v) is 11.5. The molecule has 14 heteroatoms. The van der Waals surface area contributed by atoms with Gasteiger partial charge in [-0.15, -0.1) is 0 Å². The van der Waals surface area contributed by atoms with E-state index in [1.165, 1.54) is 25.7 Å². The summed E-state index contributed by atoms with van der Waals surface area (Å²) in [6.07, 6.45) is 12.9. The number of aromatic nitrogens is 4. The summed E-state index contributed by atoms with van der Waals surface area (Å²) in [5.41, 5.74) is 17.1. The maximum absolute atomic E-state index is 10.9. The maximum atomic E-state index is 10.9. The van der Waals surface area contributed by atoms with Crippen LogP contribution in [0, 0.1) is 11.3 Å². The third kappa shape index (κ3) is 7.52. The first-order valence-electron chi connectivity index (χ1n) is 10.1. The van der Waals surface area contributed by atoms with Crippen molar-refractivity contribution in [2.75, 3.05) is 11.5 Å². The van der Waals surface area contributed by atoms with Crippen molar-refractivity contribution >= 4 is 27.9 Å². The van der Waals surface area contributed by atoms with Gasteiger partial charge in [-0.05, 0) is 25.7 Å². The van der Waals surface area contributed by atoms with E-state index in [4.69, 9.17) is 40.0 Å². The Bertz CT molecular complexity index is 1050. The highest BCUT2D eigenvalue weighted by molar-refractivity contribution is 7.79. The third-order valence-corrected chi connectivity index (χ3v) is 5.30. The first-order chi connectivity index (χ1) is 15.0. The fourth-order valence-corrected chi connectivity index (χ4v) is 3.80. The number of anilines is 2. The summed E-state index contributed by atoms with van der Waals surface area (Å²) in [4.78, 5) is 10.9. The summed E-state index contributed by atoms with van der Waals surface area (Å²) in [5, 5.41) is 16.9. The van der Waals surface area contributed by atoms with Gasteiger partial charge < -0.3 is 17.2 Å². The van der Waals surface area contributed by atoms with E-state index in [9.17, 15) is 4.79 Å². The number of carbonyl (C=O) groups is 1. The van der Waals surface area contributed by atoms with Gasteiger partial charge in [-0.3, -0.25) is 23.3 Å². The van der Waals surface area contributed by atoms with E-state index < -0.39 is 16.3 Å². The average Bonchev–Trinajstić information content (AvgIpc) is 3.47. The Hall–Kier alpha value is -3.15. The van der Waals surface area contributed by atoms with Gasteiger partial charge in [0.1, 0.15) is 17.2 Å². The molecule has 8 N–H and O–H groups in total. The molecule has 2 aliphatic carbocycles. The van der Waals surface area contributed by atoms with E-state index in [1.807, 2.05) is 10.8 Å². The third-order valence-electron chi connectivity index (χ3n) is 5.30. The molecule has 0 radical (unpaired) electrons. The topological polar surface area (TPSA) is 229 Å². The Morgan fingerprint density at radius 2 is 1.38 bits per heavy atom. The molecule has 0 saturated heterocycles.